The molecule has 2 amide bonds. The Morgan fingerprint density at radius 3 is 2.67 bits per heavy atom. The van der Waals surface area contributed by atoms with Crippen molar-refractivity contribution < 1.29 is 14.3 Å². The van der Waals surface area contributed by atoms with Crippen LogP contribution in [0, 0.1) is 0 Å². The third kappa shape index (κ3) is 5.01. The first kappa shape index (κ1) is 18.8. The number of benzene rings is 2. The summed E-state index contributed by atoms with van der Waals surface area (Å²) in [5, 5.41) is 5.58. The number of aliphatic imine (C=N–C) groups is 1. The summed E-state index contributed by atoms with van der Waals surface area (Å²) in [4.78, 5) is 29.6. The second-order valence-corrected chi connectivity index (χ2v) is 6.52. The molecule has 2 aromatic carbocycles. The first-order chi connectivity index (χ1) is 13.2. The lowest BCUT2D eigenvalue weighted by atomic mass is 10.1. The number of nitrogens with one attached hydrogen (secondary N) is 3. The molecule has 0 fully saturated rings. The highest BCUT2D eigenvalue weighted by molar-refractivity contribution is 7.98. The fourth-order valence-corrected chi connectivity index (χ4v) is 3.22. The zero-order valence-corrected chi connectivity index (χ0v) is 15.6. The summed E-state index contributed by atoms with van der Waals surface area (Å²) in [6.45, 7) is 2.22. The van der Waals surface area contributed by atoms with E-state index in [1.54, 1.807) is 6.92 Å². The molecule has 0 bridgehead atoms. The Labute approximate surface area is 161 Å². The SMILES string of the molecule is CCOC(=O)NC(CNC(=O)C1=Nc2ccccc2SN1)c1ccccc1. The monoisotopic (exact) mass is 384 g/mol. The van der Waals surface area contributed by atoms with E-state index in [2.05, 4.69) is 20.3 Å². The maximum atomic E-state index is 12.5. The summed E-state index contributed by atoms with van der Waals surface area (Å²) < 4.78 is 7.90. The van der Waals surface area contributed by atoms with E-state index in [9.17, 15) is 9.59 Å². The first-order valence-electron chi connectivity index (χ1n) is 8.54. The summed E-state index contributed by atoms with van der Waals surface area (Å²) in [7, 11) is 0. The van der Waals surface area contributed by atoms with Gasteiger partial charge in [0, 0.05) is 6.54 Å². The van der Waals surface area contributed by atoms with Crippen LogP contribution in [0.4, 0.5) is 10.5 Å². The molecule has 27 heavy (non-hydrogen) atoms. The van der Waals surface area contributed by atoms with Crippen molar-refractivity contribution in [2.75, 3.05) is 13.2 Å². The lowest BCUT2D eigenvalue weighted by molar-refractivity contribution is -0.115. The number of para-hydroxylation sites is 1. The topological polar surface area (TPSA) is 91.8 Å². The number of hydrogen-bond donors (Lipinski definition) is 3. The van der Waals surface area contributed by atoms with E-state index in [-0.39, 0.29) is 24.9 Å². The van der Waals surface area contributed by atoms with Crippen LogP contribution in [0.3, 0.4) is 0 Å². The number of alkyl carbamates (subject to hydrolysis) is 1. The smallest absolute Gasteiger partial charge is 0.407 e. The maximum Gasteiger partial charge on any atom is 0.407 e. The van der Waals surface area contributed by atoms with Crippen molar-refractivity contribution in [1.29, 1.82) is 0 Å². The minimum Gasteiger partial charge on any atom is -0.450 e. The van der Waals surface area contributed by atoms with E-state index in [1.165, 1.54) is 11.9 Å². The largest absolute Gasteiger partial charge is 0.450 e. The van der Waals surface area contributed by atoms with E-state index in [4.69, 9.17) is 4.74 Å². The molecule has 0 saturated heterocycles. The van der Waals surface area contributed by atoms with Gasteiger partial charge in [-0.05, 0) is 36.6 Å². The molecule has 0 radical (unpaired) electrons. The Morgan fingerprint density at radius 2 is 1.89 bits per heavy atom. The van der Waals surface area contributed by atoms with Gasteiger partial charge < -0.3 is 20.1 Å². The molecule has 0 spiro atoms. The van der Waals surface area contributed by atoms with Crippen LogP contribution in [0.25, 0.3) is 0 Å². The van der Waals surface area contributed by atoms with Crippen molar-refractivity contribution in [2.24, 2.45) is 4.99 Å². The molecule has 8 heteroatoms. The highest BCUT2D eigenvalue weighted by atomic mass is 32.2. The number of carbonyl (C=O) groups is 2. The van der Waals surface area contributed by atoms with E-state index in [0.29, 0.717) is 0 Å². The van der Waals surface area contributed by atoms with Gasteiger partial charge in [-0.3, -0.25) is 4.79 Å². The van der Waals surface area contributed by atoms with Gasteiger partial charge in [-0.1, -0.05) is 42.5 Å². The Kier molecular flexibility index (Phi) is 6.32. The van der Waals surface area contributed by atoms with Crippen LogP contribution in [0.1, 0.15) is 18.5 Å². The minimum absolute atomic E-state index is 0.203. The molecule has 3 N–H and O–H groups in total. The van der Waals surface area contributed by atoms with E-state index >= 15 is 0 Å². The van der Waals surface area contributed by atoms with E-state index in [1.807, 2.05) is 54.6 Å². The summed E-state index contributed by atoms with van der Waals surface area (Å²) in [5.74, 6) is -0.120. The predicted octanol–water partition coefficient (Wildman–Crippen LogP) is 2.93. The average molecular weight is 384 g/mol. The number of ether oxygens (including phenoxy) is 1. The highest BCUT2D eigenvalue weighted by Crippen LogP contribution is 2.30. The van der Waals surface area contributed by atoms with Crippen LogP contribution < -0.4 is 15.4 Å². The zero-order chi connectivity index (χ0) is 19.1. The summed E-state index contributed by atoms with van der Waals surface area (Å²) in [6.07, 6.45) is -0.529. The summed E-state index contributed by atoms with van der Waals surface area (Å²) in [5.41, 5.74) is 1.61. The van der Waals surface area contributed by atoms with Gasteiger partial charge in [0.05, 0.1) is 23.2 Å². The third-order valence-electron chi connectivity index (χ3n) is 3.81. The predicted molar refractivity (Wildman–Crippen MR) is 105 cm³/mol. The molecule has 140 valence electrons. The van der Waals surface area contributed by atoms with Crippen molar-refractivity contribution in [3.05, 3.63) is 60.2 Å². The van der Waals surface area contributed by atoms with Crippen LogP contribution in [0.2, 0.25) is 0 Å². The van der Waals surface area contributed by atoms with Crippen LogP contribution in [-0.4, -0.2) is 31.0 Å². The van der Waals surface area contributed by atoms with Crippen molar-refractivity contribution in [3.8, 4) is 0 Å². The third-order valence-corrected chi connectivity index (χ3v) is 4.67. The molecule has 7 nitrogen and oxygen atoms in total. The Balaban J connectivity index is 1.67. The van der Waals surface area contributed by atoms with Crippen LogP contribution in [0.5, 0.6) is 0 Å². The van der Waals surface area contributed by atoms with Crippen molar-refractivity contribution in [3.63, 3.8) is 0 Å². The molecule has 0 aliphatic carbocycles. The number of amides is 2. The van der Waals surface area contributed by atoms with Gasteiger partial charge in [-0.25, -0.2) is 9.79 Å². The summed E-state index contributed by atoms with van der Waals surface area (Å²) >= 11 is 1.34. The molecule has 1 unspecified atom stereocenters. The molecule has 1 aliphatic heterocycles. The molecule has 1 aliphatic rings. The number of amidine groups is 1. The Hall–Kier alpha value is -3.00. The van der Waals surface area contributed by atoms with E-state index in [0.717, 1.165) is 16.1 Å². The van der Waals surface area contributed by atoms with Gasteiger partial charge in [0.2, 0.25) is 5.84 Å². The fraction of sp³-hybridized carbons (Fsp3) is 0.211. The van der Waals surface area contributed by atoms with Crippen LogP contribution >= 0.6 is 11.9 Å². The van der Waals surface area contributed by atoms with Crippen LogP contribution in [-0.2, 0) is 9.53 Å². The van der Waals surface area contributed by atoms with Gasteiger partial charge >= 0.3 is 6.09 Å². The van der Waals surface area contributed by atoms with Crippen LogP contribution in [0.15, 0.2) is 64.5 Å². The van der Waals surface area contributed by atoms with Crippen molar-refractivity contribution in [2.45, 2.75) is 17.9 Å². The number of hydrogen-bond acceptors (Lipinski definition) is 6. The van der Waals surface area contributed by atoms with Crippen molar-refractivity contribution >= 4 is 35.5 Å². The van der Waals surface area contributed by atoms with Crippen molar-refractivity contribution in [1.82, 2.24) is 15.4 Å². The molecule has 0 saturated carbocycles. The highest BCUT2D eigenvalue weighted by Gasteiger charge is 2.21. The average Bonchev–Trinajstić information content (AvgIpc) is 2.71. The number of nitrogens with zero attached hydrogens (tertiary/aromatic N) is 1. The van der Waals surface area contributed by atoms with Gasteiger partial charge in [-0.2, -0.15) is 0 Å². The molecular weight excluding hydrogens is 364 g/mol. The van der Waals surface area contributed by atoms with Gasteiger partial charge in [-0.15, -0.1) is 0 Å². The van der Waals surface area contributed by atoms with Gasteiger partial charge in [0.1, 0.15) is 0 Å². The van der Waals surface area contributed by atoms with E-state index < -0.39 is 12.1 Å². The normalized spacial score (nSPS) is 13.4. The fourth-order valence-electron chi connectivity index (χ4n) is 2.51. The van der Waals surface area contributed by atoms with Gasteiger partial charge in [0.15, 0.2) is 0 Å². The number of carbonyl (C=O) groups excluding carboxylic acids is 2. The second-order valence-electron chi connectivity index (χ2n) is 5.67. The molecule has 0 aromatic heterocycles. The Morgan fingerprint density at radius 1 is 1.15 bits per heavy atom. The minimum atomic E-state index is -0.529. The maximum absolute atomic E-state index is 12.5. The molecule has 1 atom stereocenters. The molecular formula is C19H20N4O3S. The Bertz CT molecular complexity index is 842. The zero-order valence-electron chi connectivity index (χ0n) is 14.8. The molecule has 2 aromatic rings. The lowest BCUT2D eigenvalue weighted by Crippen LogP contribution is -2.43. The molecule has 3 rings (SSSR count). The quantitative estimate of drug-likeness (QED) is 0.666. The second kappa shape index (κ2) is 9.09. The number of fused-ring (bicyclic) bond motifs is 1. The number of rotatable bonds is 6. The van der Waals surface area contributed by atoms with Gasteiger partial charge in [0.25, 0.3) is 5.91 Å². The lowest BCUT2D eigenvalue weighted by Gasteiger charge is -2.21. The first-order valence-corrected chi connectivity index (χ1v) is 9.36. The molecule has 1 heterocycles. The standard InChI is InChI=1S/C19H20N4O3S/c1-2-26-19(25)22-15(13-8-4-3-5-9-13)12-20-18(24)17-21-14-10-6-7-11-16(14)27-23-17/h3-11,15H,2,12H2,1H3,(H,20,24)(H,21,23)(H,22,25). The summed E-state index contributed by atoms with van der Waals surface area (Å²) in [6, 6.07) is 16.5.